The Morgan fingerprint density at radius 2 is 0.683 bits per heavy atom. The molecule has 1 saturated carbocycles. The summed E-state index contributed by atoms with van der Waals surface area (Å²) < 4.78 is 19.0. The van der Waals surface area contributed by atoms with Crippen LogP contribution in [0.25, 0.3) is 176 Å². The van der Waals surface area contributed by atoms with Gasteiger partial charge in [-0.1, -0.05) is 214 Å². The van der Waals surface area contributed by atoms with Gasteiger partial charge in [0, 0.05) is 23.1 Å². The lowest BCUT2D eigenvalue weighted by Crippen LogP contribution is -2.27. The van der Waals surface area contributed by atoms with Crippen LogP contribution in [-0.4, -0.2) is 37.5 Å². The van der Waals surface area contributed by atoms with Crippen molar-refractivity contribution in [2.24, 2.45) is 28.2 Å². The molecule has 0 aliphatic heterocycles. The van der Waals surface area contributed by atoms with Crippen LogP contribution >= 0.6 is 0 Å². The number of aryl methyl sites for hydroxylation is 10. The first-order chi connectivity index (χ1) is 59.6. The van der Waals surface area contributed by atoms with E-state index in [1.807, 2.05) is 6.20 Å². The molecule has 0 N–H and O–H groups in total. The minimum absolute atomic E-state index is 0.398. The average Bonchev–Trinajstić information content (AvgIpc) is 1.53. The molecule has 1 aliphatic rings. The van der Waals surface area contributed by atoms with E-state index in [1.54, 1.807) is 0 Å². The molecule has 12 heteroatoms. The molecule has 608 valence electrons. The SMILES string of the molecule is Cc1cc(C(C)C)nc2c3c(C(C)C)cccc3n3c4ccccc4[n+](C)c3c12.Cc1cc(C)c2c(n1)c1c(C(C)C)cccc1n1c3ccccc3[n+](C)c21.Cc1cccc(-c2ccccc2)c1-c1cc(C)c2c(n1)c1c(C3CCCC3)cccc1n1c3ccccc3[n+](C)c21.Cc1ccnc2c3c(C(C)C)cccc3n3c4ccccc4[n+](C)c3c12. The van der Waals surface area contributed by atoms with Crippen LogP contribution in [0.5, 0.6) is 0 Å². The van der Waals surface area contributed by atoms with Gasteiger partial charge in [-0.3, -0.25) is 15.0 Å². The monoisotopic (exact) mass is 1610 g/mol. The predicted octanol–water partition coefficient (Wildman–Crippen LogP) is 25.8. The van der Waals surface area contributed by atoms with Gasteiger partial charge in [-0.05, 0) is 242 Å². The second-order valence-corrected chi connectivity index (χ2v) is 36.0. The lowest BCUT2D eigenvalue weighted by molar-refractivity contribution is -0.617. The Morgan fingerprint density at radius 1 is 0.309 bits per heavy atom. The standard InChI is InChI=1S/C38H34N3.C26H28N3.C24H24N3.C23H22N3/c1-24-13-11-18-28(26-14-5-4-6-15-26)34(24)30-23-25(2)35-37(39-30)36-29(27-16-7-8-17-27)19-12-22-33(36)41-32-21-10-9-20-31(32)40(3)38(35)41;1-15(2)18-10-9-13-22-24(18)25-23(17(5)14-19(27-25)16(3)4)26-28(6)20-11-7-8-12-21(20)29(22)26;1-14(2)17-9-8-12-20-22(17)23-21(15(3)13-16(4)25-23)24-26(5)18-10-6-7-11-19(18)27(20)24;1-14(2)16-8-7-11-19-21(16)22-20(15(3)12-13-24-22)23-25(4)17-9-5-6-10-18(17)26(19)23/h4-6,9-15,18-23,27H,7-8,16-17H2,1-3H3;7-16H,1-6H3;6-14H,1-5H3;5-14H,1-4H3/q4*+1. The summed E-state index contributed by atoms with van der Waals surface area (Å²) in [6.45, 7) is 31.3. The molecule has 0 radical (unpaired) electrons. The number of aromatic nitrogens is 12. The summed E-state index contributed by atoms with van der Waals surface area (Å²) in [5.74, 6) is 2.29. The van der Waals surface area contributed by atoms with Gasteiger partial charge >= 0.3 is 0 Å². The quantitative estimate of drug-likeness (QED) is 0.118. The van der Waals surface area contributed by atoms with Crippen LogP contribution in [0.4, 0.5) is 0 Å². The van der Waals surface area contributed by atoms with Crippen molar-refractivity contribution >= 4 is 154 Å². The van der Waals surface area contributed by atoms with Gasteiger partial charge in [-0.25, -0.2) is 23.3 Å². The summed E-state index contributed by atoms with van der Waals surface area (Å²) in [5, 5.41) is 10.2. The number of hydrogen-bond donors (Lipinski definition) is 0. The molecule has 0 spiro atoms. The Kier molecular flexibility index (Phi) is 19.3. The second-order valence-electron chi connectivity index (χ2n) is 36.0. The van der Waals surface area contributed by atoms with Gasteiger partial charge in [0.2, 0.25) is 0 Å². The minimum atomic E-state index is 0.398. The van der Waals surface area contributed by atoms with Crippen LogP contribution in [-0.2, 0) is 28.2 Å². The lowest BCUT2D eigenvalue weighted by atomic mass is 9.90. The van der Waals surface area contributed by atoms with Crippen LogP contribution in [0.1, 0.15) is 172 Å². The average molecular weight is 1610 g/mol. The van der Waals surface area contributed by atoms with Gasteiger partial charge in [0.1, 0.15) is 22.1 Å². The number of fused-ring (bicyclic) bond motifs is 32. The van der Waals surface area contributed by atoms with Gasteiger partial charge in [-0.2, -0.15) is 17.6 Å². The van der Waals surface area contributed by atoms with Crippen molar-refractivity contribution in [3.8, 4) is 22.4 Å². The highest BCUT2D eigenvalue weighted by atomic mass is 15.1. The summed E-state index contributed by atoms with van der Waals surface area (Å²) in [4.78, 5) is 20.8. The maximum atomic E-state index is 5.65. The van der Waals surface area contributed by atoms with Crippen LogP contribution in [0, 0.1) is 41.5 Å². The first-order valence-electron chi connectivity index (χ1n) is 44.3. The second kappa shape index (κ2) is 30.4. The molecule has 10 aromatic carbocycles. The van der Waals surface area contributed by atoms with Crippen LogP contribution < -0.4 is 18.3 Å². The fraction of sp³-hybridized carbons (Fsp3) is 0.243. The van der Waals surface area contributed by atoms with Crippen molar-refractivity contribution in [2.45, 2.75) is 152 Å². The van der Waals surface area contributed by atoms with E-state index >= 15 is 0 Å². The van der Waals surface area contributed by atoms with E-state index in [0.717, 1.165) is 39.1 Å². The van der Waals surface area contributed by atoms with Gasteiger partial charge in [0.25, 0.3) is 22.6 Å². The normalized spacial score (nSPS) is 12.9. The van der Waals surface area contributed by atoms with E-state index in [1.165, 1.54) is 224 Å². The molecule has 12 aromatic heterocycles. The number of nitrogens with zero attached hydrogens (tertiary/aromatic N) is 12. The molecule has 123 heavy (non-hydrogen) atoms. The van der Waals surface area contributed by atoms with Gasteiger partial charge in [0.15, 0.2) is 44.1 Å². The largest absolute Gasteiger partial charge is 0.297 e. The Bertz CT molecular complexity index is 8140. The first kappa shape index (κ1) is 78.2. The molecule has 0 unspecified atom stereocenters. The molecule has 23 rings (SSSR count). The van der Waals surface area contributed by atoms with Crippen LogP contribution in [0.2, 0.25) is 0 Å². The van der Waals surface area contributed by atoms with Crippen molar-refractivity contribution in [2.75, 3.05) is 0 Å². The predicted molar refractivity (Wildman–Crippen MR) is 512 cm³/mol. The molecular formula is C111H108N12+4. The fourth-order valence-electron chi connectivity index (χ4n) is 21.3. The number of benzene rings is 10. The van der Waals surface area contributed by atoms with E-state index < -0.39 is 0 Å². The van der Waals surface area contributed by atoms with Crippen molar-refractivity contribution in [3.05, 3.63) is 310 Å². The number of para-hydroxylation sites is 8. The van der Waals surface area contributed by atoms with Gasteiger partial charge in [0.05, 0.1) is 99.0 Å². The molecule has 1 fully saturated rings. The molecule has 22 aromatic rings. The Balaban J connectivity index is 0.000000106. The van der Waals surface area contributed by atoms with Crippen molar-refractivity contribution in [1.82, 2.24) is 37.5 Å². The minimum Gasteiger partial charge on any atom is -0.255 e. The Hall–Kier alpha value is -13.3. The number of rotatable bonds is 7. The zero-order valence-electron chi connectivity index (χ0n) is 74.3. The summed E-state index contributed by atoms with van der Waals surface area (Å²) in [7, 11) is 8.69. The van der Waals surface area contributed by atoms with Gasteiger partial charge in [-0.15, -0.1) is 0 Å². The number of imidazole rings is 4. The Labute approximate surface area is 718 Å². The van der Waals surface area contributed by atoms with E-state index in [2.05, 4.69) is 404 Å². The van der Waals surface area contributed by atoms with Crippen molar-refractivity contribution < 1.29 is 18.3 Å². The third kappa shape index (κ3) is 12.3. The third-order valence-corrected chi connectivity index (χ3v) is 27.0. The topological polar surface area (TPSA) is 84.7 Å². The van der Waals surface area contributed by atoms with E-state index in [4.69, 9.17) is 19.9 Å². The summed E-state index contributed by atoms with van der Waals surface area (Å²) in [5.41, 5.74) is 43.1. The highest BCUT2D eigenvalue weighted by Gasteiger charge is 2.34. The highest BCUT2D eigenvalue weighted by molar-refractivity contribution is 6.18. The molecular weight excluding hydrogens is 1500 g/mol. The summed E-state index contributed by atoms with van der Waals surface area (Å²) >= 11 is 0. The zero-order valence-corrected chi connectivity index (χ0v) is 74.3. The maximum Gasteiger partial charge on any atom is 0.297 e. The molecule has 0 bridgehead atoms. The molecule has 0 amide bonds. The van der Waals surface area contributed by atoms with Crippen LogP contribution in [0.15, 0.2) is 249 Å². The maximum absolute atomic E-state index is 5.65. The van der Waals surface area contributed by atoms with E-state index in [9.17, 15) is 0 Å². The molecule has 1 aliphatic carbocycles. The lowest BCUT2D eigenvalue weighted by Gasteiger charge is -2.17. The fourth-order valence-corrected chi connectivity index (χ4v) is 21.3. The van der Waals surface area contributed by atoms with Crippen molar-refractivity contribution in [3.63, 3.8) is 0 Å². The summed E-state index contributed by atoms with van der Waals surface area (Å²) in [6.07, 6.45) is 7.07. The zero-order chi connectivity index (χ0) is 85.0. The molecule has 12 nitrogen and oxygen atoms in total. The highest BCUT2D eigenvalue weighted by Crippen LogP contribution is 2.46. The molecule has 12 heterocycles. The summed E-state index contributed by atoms with van der Waals surface area (Å²) in [6, 6.07) is 88.0. The van der Waals surface area contributed by atoms with E-state index in [-0.39, 0.29) is 0 Å². The molecule has 0 saturated heterocycles. The Morgan fingerprint density at radius 3 is 1.14 bits per heavy atom. The number of hydrogen-bond acceptors (Lipinski definition) is 4. The number of pyridine rings is 8. The van der Waals surface area contributed by atoms with Crippen molar-refractivity contribution in [1.29, 1.82) is 0 Å². The van der Waals surface area contributed by atoms with E-state index in [0.29, 0.717) is 29.6 Å². The first-order valence-corrected chi connectivity index (χ1v) is 44.3. The molecule has 0 atom stereocenters. The third-order valence-electron chi connectivity index (χ3n) is 27.0. The smallest absolute Gasteiger partial charge is 0.255 e. The van der Waals surface area contributed by atoms with Gasteiger partial charge < -0.3 is 0 Å². The van der Waals surface area contributed by atoms with Crippen LogP contribution in [0.3, 0.4) is 0 Å².